The number of ether oxygens (including phenoxy) is 1. The number of phenols is 2. The Hall–Kier alpha value is -2.24. The van der Waals surface area contributed by atoms with Gasteiger partial charge in [0.25, 0.3) is 5.91 Å². The van der Waals surface area contributed by atoms with E-state index < -0.39 is 11.5 Å². The molecule has 6 heteroatoms. The molecule has 0 bridgehead atoms. The highest BCUT2D eigenvalue weighted by molar-refractivity contribution is 5.79. The number of rotatable bonds is 15. The van der Waals surface area contributed by atoms with Crippen LogP contribution in [0.25, 0.3) is 0 Å². The molecule has 152 valence electrons. The lowest BCUT2D eigenvalue weighted by Gasteiger charge is -2.10. The number of carbonyl (C=O) groups is 2. The van der Waals surface area contributed by atoms with Gasteiger partial charge in [-0.2, -0.15) is 0 Å². The summed E-state index contributed by atoms with van der Waals surface area (Å²) in [6.45, 7) is 2.53. The Bertz CT molecular complexity index is 574. The van der Waals surface area contributed by atoms with Crippen molar-refractivity contribution in [1.82, 2.24) is 5.32 Å². The van der Waals surface area contributed by atoms with Crippen LogP contribution < -0.4 is 10.1 Å². The fourth-order valence-electron chi connectivity index (χ4n) is 2.83. The Morgan fingerprint density at radius 1 is 1.00 bits per heavy atom. The highest BCUT2D eigenvalue weighted by Crippen LogP contribution is 2.36. The third-order valence-electron chi connectivity index (χ3n) is 4.42. The van der Waals surface area contributed by atoms with Gasteiger partial charge in [-0.25, -0.2) is 0 Å². The molecule has 0 atom stereocenters. The van der Waals surface area contributed by atoms with Crippen molar-refractivity contribution in [1.29, 1.82) is 0 Å². The minimum absolute atomic E-state index is 0.0915. The van der Waals surface area contributed by atoms with Crippen molar-refractivity contribution in [3.63, 3.8) is 0 Å². The molecule has 0 aliphatic heterocycles. The van der Waals surface area contributed by atoms with Crippen molar-refractivity contribution in [2.24, 2.45) is 0 Å². The molecule has 0 saturated heterocycles. The van der Waals surface area contributed by atoms with Crippen molar-refractivity contribution in [2.75, 3.05) is 13.2 Å². The van der Waals surface area contributed by atoms with Crippen molar-refractivity contribution in [3.05, 3.63) is 17.7 Å². The maximum absolute atomic E-state index is 11.8. The number of benzene rings is 1. The van der Waals surface area contributed by atoms with Crippen molar-refractivity contribution < 1.29 is 24.5 Å². The van der Waals surface area contributed by atoms with Gasteiger partial charge in [0.2, 0.25) is 5.75 Å². The number of phenolic OH excluding ortho intramolecular Hbond substituents is 2. The van der Waals surface area contributed by atoms with Gasteiger partial charge in [0.05, 0.1) is 0 Å². The van der Waals surface area contributed by atoms with E-state index >= 15 is 0 Å². The maximum Gasteiger partial charge on any atom is 0.257 e. The van der Waals surface area contributed by atoms with Crippen LogP contribution >= 0.6 is 0 Å². The number of aromatic hydroxyl groups is 2. The zero-order valence-electron chi connectivity index (χ0n) is 16.3. The summed E-state index contributed by atoms with van der Waals surface area (Å²) in [5, 5.41) is 22.0. The van der Waals surface area contributed by atoms with E-state index in [1.54, 1.807) is 0 Å². The first-order chi connectivity index (χ1) is 13.1. The maximum atomic E-state index is 11.8. The predicted molar refractivity (Wildman–Crippen MR) is 106 cm³/mol. The van der Waals surface area contributed by atoms with Crippen molar-refractivity contribution in [2.45, 2.75) is 71.1 Å². The standard InChI is InChI=1S/C21H33NO5/c1-2-3-4-5-6-7-8-9-10-11-12-22-20(25)16-27-19-14-17(15-23)13-18(24)21(19)26/h13-15,24,26H,2-12,16H2,1H3,(H,22,25). The van der Waals surface area contributed by atoms with E-state index in [2.05, 4.69) is 12.2 Å². The average molecular weight is 379 g/mol. The van der Waals surface area contributed by atoms with E-state index in [4.69, 9.17) is 4.74 Å². The lowest BCUT2D eigenvalue weighted by molar-refractivity contribution is -0.123. The Kier molecular flexibility index (Phi) is 11.7. The minimum atomic E-state index is -0.483. The lowest BCUT2D eigenvalue weighted by atomic mass is 10.1. The zero-order chi connectivity index (χ0) is 19.9. The molecule has 27 heavy (non-hydrogen) atoms. The molecule has 0 aliphatic carbocycles. The number of unbranched alkanes of at least 4 members (excludes halogenated alkanes) is 9. The Balaban J connectivity index is 2.08. The summed E-state index contributed by atoms with van der Waals surface area (Å²) in [6, 6.07) is 2.40. The molecular formula is C21H33NO5. The molecule has 0 heterocycles. The van der Waals surface area contributed by atoms with E-state index in [0.29, 0.717) is 12.8 Å². The summed E-state index contributed by atoms with van der Waals surface area (Å²) in [6.07, 6.45) is 12.9. The summed E-state index contributed by atoms with van der Waals surface area (Å²) in [5.74, 6) is -1.34. The van der Waals surface area contributed by atoms with Gasteiger partial charge >= 0.3 is 0 Å². The predicted octanol–water partition coefficient (Wildman–Crippen LogP) is 4.33. The average Bonchev–Trinajstić information content (AvgIpc) is 2.67. The Labute approximate surface area is 161 Å². The third kappa shape index (κ3) is 9.87. The number of amides is 1. The van der Waals surface area contributed by atoms with E-state index in [0.717, 1.165) is 18.9 Å². The van der Waals surface area contributed by atoms with Gasteiger partial charge in [0.1, 0.15) is 6.29 Å². The van der Waals surface area contributed by atoms with E-state index in [1.165, 1.54) is 57.4 Å². The summed E-state index contributed by atoms with van der Waals surface area (Å²) >= 11 is 0. The molecule has 6 nitrogen and oxygen atoms in total. The van der Waals surface area contributed by atoms with Gasteiger partial charge in [-0.05, 0) is 18.6 Å². The minimum Gasteiger partial charge on any atom is -0.504 e. The number of hydrogen-bond acceptors (Lipinski definition) is 5. The van der Waals surface area contributed by atoms with E-state index in [9.17, 15) is 19.8 Å². The molecule has 0 fully saturated rings. The highest BCUT2D eigenvalue weighted by atomic mass is 16.5. The monoisotopic (exact) mass is 379 g/mol. The van der Waals surface area contributed by atoms with Gasteiger partial charge in [0.15, 0.2) is 18.1 Å². The molecule has 1 amide bonds. The van der Waals surface area contributed by atoms with Crippen molar-refractivity contribution >= 4 is 12.2 Å². The van der Waals surface area contributed by atoms with Gasteiger partial charge in [-0.1, -0.05) is 64.7 Å². The quantitative estimate of drug-likeness (QED) is 0.239. The number of hydrogen-bond donors (Lipinski definition) is 3. The normalized spacial score (nSPS) is 10.6. The lowest BCUT2D eigenvalue weighted by Crippen LogP contribution is -2.29. The smallest absolute Gasteiger partial charge is 0.257 e. The van der Waals surface area contributed by atoms with Crippen molar-refractivity contribution in [3.8, 4) is 17.2 Å². The first-order valence-corrected chi connectivity index (χ1v) is 9.99. The molecule has 0 aliphatic rings. The van der Waals surface area contributed by atoms with E-state index in [-0.39, 0.29) is 23.8 Å². The largest absolute Gasteiger partial charge is 0.504 e. The molecule has 0 spiro atoms. The molecular weight excluding hydrogens is 346 g/mol. The fraction of sp³-hybridized carbons (Fsp3) is 0.619. The summed E-state index contributed by atoms with van der Waals surface area (Å²) < 4.78 is 5.19. The van der Waals surface area contributed by atoms with Crippen LogP contribution in [0.15, 0.2) is 12.1 Å². The van der Waals surface area contributed by atoms with Crippen LogP contribution in [0.2, 0.25) is 0 Å². The molecule has 0 radical (unpaired) electrons. The van der Waals surface area contributed by atoms with Gasteiger partial charge in [0, 0.05) is 12.1 Å². The second-order valence-corrected chi connectivity index (χ2v) is 6.83. The summed E-state index contributed by atoms with van der Waals surface area (Å²) in [5.41, 5.74) is 0.158. The van der Waals surface area contributed by atoms with Crippen LogP contribution in [0.1, 0.15) is 81.5 Å². The number of carbonyl (C=O) groups excluding carboxylic acids is 2. The molecule has 1 rings (SSSR count). The van der Waals surface area contributed by atoms with Gasteiger partial charge in [-0.15, -0.1) is 0 Å². The molecule has 0 aromatic heterocycles. The number of nitrogens with one attached hydrogen (secondary N) is 1. The Morgan fingerprint density at radius 3 is 2.19 bits per heavy atom. The van der Waals surface area contributed by atoms with Crippen LogP contribution in [-0.4, -0.2) is 35.6 Å². The van der Waals surface area contributed by atoms with Crippen LogP contribution in [0, 0.1) is 0 Å². The summed E-state index contributed by atoms with van der Waals surface area (Å²) in [4.78, 5) is 22.5. The third-order valence-corrected chi connectivity index (χ3v) is 4.42. The molecule has 3 N–H and O–H groups in total. The second kappa shape index (κ2) is 13.9. The Morgan fingerprint density at radius 2 is 1.59 bits per heavy atom. The topological polar surface area (TPSA) is 95.9 Å². The van der Waals surface area contributed by atoms with Crippen LogP contribution in [-0.2, 0) is 4.79 Å². The van der Waals surface area contributed by atoms with Gasteiger partial charge < -0.3 is 20.3 Å². The second-order valence-electron chi connectivity index (χ2n) is 6.83. The van der Waals surface area contributed by atoms with E-state index in [1.807, 2.05) is 0 Å². The van der Waals surface area contributed by atoms with Crippen LogP contribution in [0.3, 0.4) is 0 Å². The summed E-state index contributed by atoms with van der Waals surface area (Å²) in [7, 11) is 0. The zero-order valence-corrected chi connectivity index (χ0v) is 16.3. The first kappa shape index (κ1) is 22.8. The molecule has 0 saturated carbocycles. The number of aldehydes is 1. The highest BCUT2D eigenvalue weighted by Gasteiger charge is 2.12. The first-order valence-electron chi connectivity index (χ1n) is 9.99. The molecule has 1 aromatic carbocycles. The SMILES string of the molecule is CCCCCCCCCCCCNC(=O)COc1cc(C=O)cc(O)c1O. The fourth-order valence-corrected chi connectivity index (χ4v) is 2.83. The van der Waals surface area contributed by atoms with Gasteiger partial charge in [-0.3, -0.25) is 9.59 Å². The van der Waals surface area contributed by atoms with Crippen LogP contribution in [0.4, 0.5) is 0 Å². The van der Waals surface area contributed by atoms with Crippen LogP contribution in [0.5, 0.6) is 17.2 Å². The molecule has 0 unspecified atom stereocenters. The molecule has 1 aromatic rings.